The molecular weight excluding hydrogens is 360 g/mol. The zero-order chi connectivity index (χ0) is 19.4. The van der Waals surface area contributed by atoms with E-state index in [2.05, 4.69) is 30.2 Å². The number of hydrogen-bond donors (Lipinski definition) is 2. The van der Waals surface area contributed by atoms with Crippen molar-refractivity contribution in [2.45, 2.75) is 19.0 Å². The van der Waals surface area contributed by atoms with Crippen molar-refractivity contribution in [1.29, 1.82) is 0 Å². The summed E-state index contributed by atoms with van der Waals surface area (Å²) in [5.74, 6) is -0.650. The number of carbonyl (C=O) groups is 2. The third-order valence-electron chi connectivity index (χ3n) is 4.24. The van der Waals surface area contributed by atoms with Crippen LogP contribution in [0.15, 0.2) is 60.0 Å². The van der Waals surface area contributed by atoms with E-state index in [1.165, 1.54) is 17.3 Å². The third kappa shape index (κ3) is 4.20. The van der Waals surface area contributed by atoms with Crippen LogP contribution in [0.4, 0.5) is 5.69 Å². The lowest BCUT2D eigenvalue weighted by Crippen LogP contribution is -2.19. The zero-order valence-electron chi connectivity index (χ0n) is 15.1. The fourth-order valence-corrected chi connectivity index (χ4v) is 3.47. The number of aryl methyl sites for hydroxylation is 1. The first kappa shape index (κ1) is 18.7. The Morgan fingerprint density at radius 3 is 2.70 bits per heavy atom. The molecule has 0 saturated carbocycles. The lowest BCUT2D eigenvalue weighted by Gasteiger charge is -2.12. The van der Waals surface area contributed by atoms with Crippen LogP contribution in [0.25, 0.3) is 5.69 Å². The maximum atomic E-state index is 12.3. The number of nitrogens with two attached hydrogens (primary N) is 1. The molecule has 1 heterocycles. The molecule has 1 aromatic heterocycles. The molecule has 0 saturated heterocycles. The van der Waals surface area contributed by atoms with Gasteiger partial charge in [-0.25, -0.2) is 4.98 Å². The first-order valence-corrected chi connectivity index (χ1v) is 9.37. The van der Waals surface area contributed by atoms with E-state index < -0.39 is 5.91 Å². The van der Waals surface area contributed by atoms with Gasteiger partial charge < -0.3 is 11.1 Å². The fraction of sp³-hybridized carbons (Fsp3) is 0.150. The SMILES string of the molecule is Cc1cccc(-n2ccnc2SCC(=O)Nc2ccccc2C(N)=O)c1C. The van der Waals surface area contributed by atoms with Gasteiger partial charge in [0.05, 0.1) is 22.7 Å². The van der Waals surface area contributed by atoms with E-state index in [-0.39, 0.29) is 17.2 Å². The summed E-state index contributed by atoms with van der Waals surface area (Å²) < 4.78 is 1.97. The normalized spacial score (nSPS) is 10.6. The molecule has 138 valence electrons. The van der Waals surface area contributed by atoms with Crippen molar-refractivity contribution in [3.63, 3.8) is 0 Å². The second-order valence-corrected chi connectivity index (χ2v) is 6.99. The van der Waals surface area contributed by atoms with Gasteiger partial charge in [0.1, 0.15) is 0 Å². The molecule has 2 amide bonds. The van der Waals surface area contributed by atoms with Gasteiger partial charge in [-0.05, 0) is 43.2 Å². The van der Waals surface area contributed by atoms with Crippen molar-refractivity contribution in [1.82, 2.24) is 9.55 Å². The summed E-state index contributed by atoms with van der Waals surface area (Å²) in [5, 5.41) is 3.46. The Labute approximate surface area is 161 Å². The van der Waals surface area contributed by atoms with Crippen molar-refractivity contribution in [2.75, 3.05) is 11.1 Å². The number of hydrogen-bond acceptors (Lipinski definition) is 4. The van der Waals surface area contributed by atoms with Crippen molar-refractivity contribution in [3.05, 3.63) is 71.5 Å². The van der Waals surface area contributed by atoms with Gasteiger partial charge in [-0.1, -0.05) is 36.0 Å². The molecule has 3 N–H and O–H groups in total. The summed E-state index contributed by atoms with van der Waals surface area (Å²) in [7, 11) is 0. The summed E-state index contributed by atoms with van der Waals surface area (Å²) in [5.41, 5.74) is 9.43. The second kappa shape index (κ2) is 8.09. The van der Waals surface area contributed by atoms with Crippen LogP contribution in [0.1, 0.15) is 21.5 Å². The van der Waals surface area contributed by atoms with E-state index in [0.29, 0.717) is 5.69 Å². The van der Waals surface area contributed by atoms with Crippen molar-refractivity contribution < 1.29 is 9.59 Å². The van der Waals surface area contributed by atoms with Gasteiger partial charge >= 0.3 is 0 Å². The highest BCUT2D eigenvalue weighted by Gasteiger charge is 2.13. The number of amides is 2. The molecule has 0 atom stereocenters. The van der Waals surface area contributed by atoms with Crippen molar-refractivity contribution in [2.24, 2.45) is 5.73 Å². The highest BCUT2D eigenvalue weighted by atomic mass is 32.2. The average Bonchev–Trinajstić information content (AvgIpc) is 3.11. The highest BCUT2D eigenvalue weighted by molar-refractivity contribution is 7.99. The number of nitrogens with zero attached hydrogens (tertiary/aromatic N) is 2. The second-order valence-electron chi connectivity index (χ2n) is 6.05. The molecule has 7 heteroatoms. The molecule has 3 aromatic rings. The van der Waals surface area contributed by atoms with E-state index >= 15 is 0 Å². The van der Waals surface area contributed by atoms with Gasteiger partial charge in [0.15, 0.2) is 5.16 Å². The van der Waals surface area contributed by atoms with Crippen molar-refractivity contribution >= 4 is 29.3 Å². The minimum absolute atomic E-state index is 0.162. The molecule has 0 spiro atoms. The number of benzene rings is 2. The topological polar surface area (TPSA) is 90.0 Å². The first-order chi connectivity index (χ1) is 13.0. The van der Waals surface area contributed by atoms with Crippen LogP contribution in [-0.2, 0) is 4.79 Å². The Hall–Kier alpha value is -3.06. The maximum absolute atomic E-state index is 12.3. The van der Waals surface area contributed by atoms with Crippen LogP contribution in [0.3, 0.4) is 0 Å². The number of carbonyl (C=O) groups excluding carboxylic acids is 2. The molecule has 27 heavy (non-hydrogen) atoms. The third-order valence-corrected chi connectivity index (χ3v) is 5.21. The summed E-state index contributed by atoms with van der Waals surface area (Å²) >= 11 is 1.33. The Kier molecular flexibility index (Phi) is 5.61. The number of thioether (sulfide) groups is 1. The van der Waals surface area contributed by atoms with Crippen LogP contribution >= 0.6 is 11.8 Å². The Bertz CT molecular complexity index is 997. The molecular formula is C20H20N4O2S. The number of para-hydroxylation sites is 1. The largest absolute Gasteiger partial charge is 0.366 e. The Morgan fingerprint density at radius 1 is 1.15 bits per heavy atom. The molecule has 0 fully saturated rings. The molecule has 0 aliphatic rings. The smallest absolute Gasteiger partial charge is 0.250 e. The first-order valence-electron chi connectivity index (χ1n) is 8.39. The summed E-state index contributed by atoms with van der Waals surface area (Å²) in [6.45, 7) is 4.12. The minimum atomic E-state index is -0.580. The van der Waals surface area contributed by atoms with Gasteiger partial charge in [0, 0.05) is 12.4 Å². The minimum Gasteiger partial charge on any atom is -0.366 e. The monoisotopic (exact) mass is 380 g/mol. The Morgan fingerprint density at radius 2 is 1.93 bits per heavy atom. The van der Waals surface area contributed by atoms with Gasteiger partial charge in [0.2, 0.25) is 5.91 Å². The van der Waals surface area contributed by atoms with Crippen molar-refractivity contribution in [3.8, 4) is 5.69 Å². The van der Waals surface area contributed by atoms with Crippen LogP contribution in [-0.4, -0.2) is 27.1 Å². The predicted octanol–water partition coefficient (Wildman–Crippen LogP) is 3.32. The van der Waals surface area contributed by atoms with E-state index in [0.717, 1.165) is 16.4 Å². The van der Waals surface area contributed by atoms with E-state index in [4.69, 9.17) is 5.73 Å². The lowest BCUT2D eigenvalue weighted by molar-refractivity contribution is -0.113. The standard InChI is InChI=1S/C20H20N4O2S/c1-13-6-5-9-17(14(13)2)24-11-10-22-20(24)27-12-18(25)23-16-8-4-3-7-15(16)19(21)26/h3-11H,12H2,1-2H3,(H2,21,26)(H,23,25). The van der Waals surface area contributed by atoms with Crippen LogP contribution in [0, 0.1) is 13.8 Å². The van der Waals surface area contributed by atoms with Crippen LogP contribution in [0.5, 0.6) is 0 Å². The fourth-order valence-electron chi connectivity index (χ4n) is 2.70. The van der Waals surface area contributed by atoms with Gasteiger partial charge in [-0.15, -0.1) is 0 Å². The van der Waals surface area contributed by atoms with Gasteiger partial charge in [-0.3, -0.25) is 14.2 Å². The van der Waals surface area contributed by atoms with E-state index in [9.17, 15) is 9.59 Å². The zero-order valence-corrected chi connectivity index (χ0v) is 15.9. The summed E-state index contributed by atoms with van der Waals surface area (Å²) in [6, 6.07) is 12.8. The quantitative estimate of drug-likeness (QED) is 0.642. The molecule has 0 bridgehead atoms. The highest BCUT2D eigenvalue weighted by Crippen LogP contribution is 2.24. The number of imidazole rings is 1. The molecule has 6 nitrogen and oxygen atoms in total. The number of nitrogens with one attached hydrogen (secondary N) is 1. The molecule has 0 radical (unpaired) electrons. The molecule has 0 aliphatic carbocycles. The number of rotatable bonds is 6. The van der Waals surface area contributed by atoms with Gasteiger partial charge in [0.25, 0.3) is 5.91 Å². The van der Waals surface area contributed by atoms with Gasteiger partial charge in [-0.2, -0.15) is 0 Å². The average molecular weight is 380 g/mol. The maximum Gasteiger partial charge on any atom is 0.250 e. The van der Waals surface area contributed by atoms with Crippen LogP contribution < -0.4 is 11.1 Å². The molecule has 0 aliphatic heterocycles. The van der Waals surface area contributed by atoms with E-state index in [1.54, 1.807) is 30.5 Å². The number of aromatic nitrogens is 2. The van der Waals surface area contributed by atoms with Crippen LogP contribution in [0.2, 0.25) is 0 Å². The molecule has 0 unspecified atom stereocenters. The summed E-state index contributed by atoms with van der Waals surface area (Å²) in [6.07, 6.45) is 3.59. The molecule has 2 aromatic carbocycles. The summed E-state index contributed by atoms with van der Waals surface area (Å²) in [4.78, 5) is 28.2. The van der Waals surface area contributed by atoms with E-state index in [1.807, 2.05) is 22.9 Å². The number of primary amides is 1. The predicted molar refractivity (Wildman–Crippen MR) is 107 cm³/mol. The lowest BCUT2D eigenvalue weighted by atomic mass is 10.1. The Balaban J connectivity index is 1.72. The molecule has 3 rings (SSSR count). The number of anilines is 1.